The van der Waals surface area contributed by atoms with Gasteiger partial charge < -0.3 is 9.63 Å². The van der Waals surface area contributed by atoms with Crippen LogP contribution in [0.2, 0.25) is 0 Å². The van der Waals surface area contributed by atoms with Gasteiger partial charge in [-0.2, -0.15) is 4.98 Å². The molecule has 4 rings (SSSR count). The molecule has 2 aromatic rings. The molecule has 7 nitrogen and oxygen atoms in total. The highest BCUT2D eigenvalue weighted by Gasteiger charge is 2.37. The number of likely N-dealkylation sites (tertiary alicyclic amines) is 1. The molecule has 0 spiro atoms. The fourth-order valence-electron chi connectivity index (χ4n) is 3.28. The summed E-state index contributed by atoms with van der Waals surface area (Å²) in [4.78, 5) is 6.92. The summed E-state index contributed by atoms with van der Waals surface area (Å²) >= 11 is 0. The zero-order chi connectivity index (χ0) is 17.6. The highest BCUT2D eigenvalue weighted by Crippen LogP contribution is 2.40. The van der Waals surface area contributed by atoms with E-state index in [1.165, 1.54) is 6.26 Å². The molecule has 1 N–H and O–H groups in total. The Balaban J connectivity index is 1.51. The molecule has 8 heteroatoms. The molecule has 0 radical (unpaired) electrons. The first-order valence-electron chi connectivity index (χ1n) is 8.45. The predicted octanol–water partition coefficient (Wildman–Crippen LogP) is 1.66. The van der Waals surface area contributed by atoms with Crippen LogP contribution in [0, 0.1) is 0 Å². The molecule has 0 unspecified atom stereocenters. The van der Waals surface area contributed by atoms with Crippen molar-refractivity contribution in [3.05, 3.63) is 41.5 Å². The van der Waals surface area contributed by atoms with Crippen molar-refractivity contribution in [1.29, 1.82) is 0 Å². The molecule has 2 heterocycles. The average molecular weight is 363 g/mol. The number of hydrogen-bond acceptors (Lipinski definition) is 7. The molecule has 0 amide bonds. The van der Waals surface area contributed by atoms with Gasteiger partial charge in [0.05, 0.1) is 17.0 Å². The maximum Gasteiger partial charge on any atom is 0.244 e. The summed E-state index contributed by atoms with van der Waals surface area (Å²) in [6, 6.07) is 6.74. The Hall–Kier alpha value is -1.77. The van der Waals surface area contributed by atoms with E-state index in [9.17, 15) is 13.5 Å². The van der Waals surface area contributed by atoms with Crippen LogP contribution in [0.1, 0.15) is 48.5 Å². The fraction of sp³-hybridized carbons (Fsp3) is 0.529. The lowest BCUT2D eigenvalue weighted by molar-refractivity contribution is 0.169. The minimum Gasteiger partial charge on any atom is -0.392 e. The summed E-state index contributed by atoms with van der Waals surface area (Å²) < 4.78 is 28.6. The summed E-state index contributed by atoms with van der Waals surface area (Å²) in [5.74, 6) is 1.76. The van der Waals surface area contributed by atoms with Crippen LogP contribution >= 0.6 is 0 Å². The molecule has 134 valence electrons. The second-order valence-electron chi connectivity index (χ2n) is 7.02. The molecule has 0 bridgehead atoms. The number of rotatable bonds is 5. The largest absolute Gasteiger partial charge is 0.392 e. The predicted molar refractivity (Wildman–Crippen MR) is 89.6 cm³/mol. The first-order chi connectivity index (χ1) is 11.9. The lowest BCUT2D eigenvalue weighted by Gasteiger charge is -2.21. The minimum absolute atomic E-state index is 0.107. The normalized spacial score (nSPS) is 24.7. The van der Waals surface area contributed by atoms with E-state index in [0.717, 1.165) is 24.2 Å². The first kappa shape index (κ1) is 16.7. The summed E-state index contributed by atoms with van der Waals surface area (Å²) in [6.45, 7) is 1.12. The van der Waals surface area contributed by atoms with E-state index in [0.29, 0.717) is 36.2 Å². The monoisotopic (exact) mass is 363 g/mol. The number of sulfone groups is 1. The van der Waals surface area contributed by atoms with Gasteiger partial charge in [-0.1, -0.05) is 17.3 Å². The molecule has 25 heavy (non-hydrogen) atoms. The first-order valence-corrected chi connectivity index (χ1v) is 10.3. The standard InChI is InChI=1S/C17H21N3O4S/c1-25(22,23)14-6-2-11(3-7-14)9-20-10-13(21)8-15(20)17-18-16(19-24-17)12-4-5-12/h2-3,6-7,12-13,15,21H,4-5,8-10H2,1H3/t13-,15+/m1/s1. The Morgan fingerprint density at radius 1 is 1.28 bits per heavy atom. The van der Waals surface area contributed by atoms with Crippen molar-refractivity contribution in [2.24, 2.45) is 0 Å². The van der Waals surface area contributed by atoms with Gasteiger partial charge in [0.1, 0.15) is 0 Å². The number of hydrogen-bond donors (Lipinski definition) is 1. The van der Waals surface area contributed by atoms with E-state index in [-0.39, 0.29) is 6.04 Å². The molecular weight excluding hydrogens is 342 g/mol. The van der Waals surface area contributed by atoms with Crippen LogP contribution < -0.4 is 0 Å². The van der Waals surface area contributed by atoms with Crippen LogP contribution in [0.4, 0.5) is 0 Å². The number of aliphatic hydroxyl groups is 1. The zero-order valence-corrected chi connectivity index (χ0v) is 14.8. The van der Waals surface area contributed by atoms with Crippen molar-refractivity contribution in [2.75, 3.05) is 12.8 Å². The van der Waals surface area contributed by atoms with Crippen molar-refractivity contribution in [3.8, 4) is 0 Å². The molecule has 1 saturated carbocycles. The topological polar surface area (TPSA) is 96.5 Å². The van der Waals surface area contributed by atoms with Gasteiger partial charge in [-0.25, -0.2) is 8.42 Å². The second kappa shape index (κ2) is 6.19. The Morgan fingerprint density at radius 3 is 2.64 bits per heavy atom. The fourth-order valence-corrected chi connectivity index (χ4v) is 3.91. The van der Waals surface area contributed by atoms with Gasteiger partial charge in [0.25, 0.3) is 0 Å². The van der Waals surface area contributed by atoms with Gasteiger partial charge in [-0.15, -0.1) is 0 Å². The molecule has 2 fully saturated rings. The maximum absolute atomic E-state index is 11.6. The van der Waals surface area contributed by atoms with Gasteiger partial charge in [-0.05, 0) is 37.0 Å². The SMILES string of the molecule is CS(=O)(=O)c1ccc(CN2C[C@H](O)C[C@H]2c2nc(C3CC3)no2)cc1. The van der Waals surface area contributed by atoms with Crippen molar-refractivity contribution in [1.82, 2.24) is 15.0 Å². The van der Waals surface area contributed by atoms with Crippen LogP contribution in [-0.4, -0.2) is 47.5 Å². The number of benzene rings is 1. The van der Waals surface area contributed by atoms with E-state index in [2.05, 4.69) is 15.0 Å². The van der Waals surface area contributed by atoms with Gasteiger partial charge in [-0.3, -0.25) is 4.90 Å². The molecule has 1 aliphatic heterocycles. The lowest BCUT2D eigenvalue weighted by Crippen LogP contribution is -2.24. The molecular formula is C17H21N3O4S. The van der Waals surface area contributed by atoms with Gasteiger partial charge >= 0.3 is 0 Å². The second-order valence-corrected chi connectivity index (χ2v) is 9.03. The zero-order valence-electron chi connectivity index (χ0n) is 14.0. The molecule has 2 atom stereocenters. The Bertz CT molecular complexity index is 858. The summed E-state index contributed by atoms with van der Waals surface area (Å²) in [7, 11) is -3.20. The van der Waals surface area contributed by atoms with Crippen LogP contribution in [0.5, 0.6) is 0 Å². The molecule has 1 saturated heterocycles. The Kier molecular flexibility index (Phi) is 4.13. The third kappa shape index (κ3) is 3.61. The Morgan fingerprint density at radius 2 is 2.00 bits per heavy atom. The maximum atomic E-state index is 11.6. The van der Waals surface area contributed by atoms with E-state index in [1.54, 1.807) is 12.1 Å². The smallest absolute Gasteiger partial charge is 0.244 e. The van der Waals surface area contributed by atoms with Crippen LogP contribution in [0.3, 0.4) is 0 Å². The average Bonchev–Trinajstić information content (AvgIpc) is 3.18. The third-order valence-electron chi connectivity index (χ3n) is 4.80. The lowest BCUT2D eigenvalue weighted by atomic mass is 10.1. The molecule has 1 aromatic carbocycles. The van der Waals surface area contributed by atoms with E-state index >= 15 is 0 Å². The number of β-amino-alcohol motifs (C(OH)–C–C–N with tert-alkyl or cyclic N) is 1. The molecule has 2 aliphatic rings. The van der Waals surface area contributed by atoms with Crippen molar-refractivity contribution < 1.29 is 18.0 Å². The summed E-state index contributed by atoms with van der Waals surface area (Å²) in [5.41, 5.74) is 0.980. The van der Waals surface area contributed by atoms with Crippen LogP contribution in [-0.2, 0) is 16.4 Å². The van der Waals surface area contributed by atoms with Crippen LogP contribution in [0.25, 0.3) is 0 Å². The van der Waals surface area contributed by atoms with E-state index < -0.39 is 15.9 Å². The minimum atomic E-state index is -3.20. The number of aliphatic hydroxyl groups excluding tert-OH is 1. The van der Waals surface area contributed by atoms with E-state index in [4.69, 9.17) is 4.52 Å². The van der Waals surface area contributed by atoms with E-state index in [1.807, 2.05) is 12.1 Å². The highest BCUT2D eigenvalue weighted by atomic mass is 32.2. The highest BCUT2D eigenvalue weighted by molar-refractivity contribution is 7.90. The van der Waals surface area contributed by atoms with Crippen molar-refractivity contribution >= 4 is 9.84 Å². The molecule has 1 aliphatic carbocycles. The molecule has 1 aromatic heterocycles. The Labute approximate surface area is 146 Å². The quantitative estimate of drug-likeness (QED) is 0.863. The van der Waals surface area contributed by atoms with Gasteiger partial charge in [0.15, 0.2) is 15.7 Å². The van der Waals surface area contributed by atoms with Gasteiger partial charge in [0, 0.05) is 25.3 Å². The van der Waals surface area contributed by atoms with Crippen molar-refractivity contribution in [2.45, 2.75) is 48.8 Å². The van der Waals surface area contributed by atoms with Crippen molar-refractivity contribution in [3.63, 3.8) is 0 Å². The van der Waals surface area contributed by atoms with Gasteiger partial charge in [0.2, 0.25) is 5.89 Å². The number of aromatic nitrogens is 2. The van der Waals surface area contributed by atoms with Crippen LogP contribution in [0.15, 0.2) is 33.7 Å². The number of nitrogens with zero attached hydrogens (tertiary/aromatic N) is 3. The summed E-state index contributed by atoms with van der Waals surface area (Å²) in [6.07, 6.45) is 3.55. The third-order valence-corrected chi connectivity index (χ3v) is 5.93. The summed E-state index contributed by atoms with van der Waals surface area (Å²) in [5, 5.41) is 14.1.